The first-order valence-electron chi connectivity index (χ1n) is 6.22. The van der Waals surface area contributed by atoms with E-state index in [9.17, 15) is 14.3 Å². The number of rotatable bonds is 7. The largest absolute Gasteiger partial charge is 0.389 e. The molecule has 0 fully saturated rings. The maximum absolute atomic E-state index is 13.4. The van der Waals surface area contributed by atoms with Crippen molar-refractivity contribution in [2.24, 2.45) is 5.92 Å². The van der Waals surface area contributed by atoms with Crippen molar-refractivity contribution in [2.45, 2.75) is 19.4 Å². The standard InChI is InChI=1S/C14H20FNO3/c1-10(7-11-5-3-4-6-13(11)15)14(18)16-8-12(17)9-19-2/h3-6,10,12,17H,7-9H2,1-2H3,(H,16,18). The van der Waals surface area contributed by atoms with Gasteiger partial charge in [0.2, 0.25) is 5.91 Å². The van der Waals surface area contributed by atoms with E-state index in [1.807, 2.05) is 0 Å². The SMILES string of the molecule is COCC(O)CNC(=O)C(C)Cc1ccccc1F. The van der Waals surface area contributed by atoms with Crippen LogP contribution < -0.4 is 5.32 Å². The fraction of sp³-hybridized carbons (Fsp3) is 0.500. The van der Waals surface area contributed by atoms with Crippen molar-refractivity contribution >= 4 is 5.91 Å². The van der Waals surface area contributed by atoms with Gasteiger partial charge in [-0.1, -0.05) is 25.1 Å². The minimum atomic E-state index is -0.727. The van der Waals surface area contributed by atoms with E-state index in [-0.39, 0.29) is 30.8 Å². The van der Waals surface area contributed by atoms with Gasteiger partial charge in [0.15, 0.2) is 0 Å². The Bertz CT molecular complexity index is 411. The molecule has 0 aliphatic carbocycles. The Hall–Kier alpha value is -1.46. The third kappa shape index (κ3) is 5.36. The first-order valence-corrected chi connectivity index (χ1v) is 6.22. The lowest BCUT2D eigenvalue weighted by Crippen LogP contribution is -2.37. The van der Waals surface area contributed by atoms with Gasteiger partial charge in [-0.3, -0.25) is 4.79 Å². The van der Waals surface area contributed by atoms with E-state index in [0.717, 1.165) is 0 Å². The third-order valence-electron chi connectivity index (χ3n) is 2.80. The van der Waals surface area contributed by atoms with Crippen LogP contribution in [-0.2, 0) is 16.0 Å². The molecule has 0 bridgehead atoms. The molecule has 2 N–H and O–H groups in total. The summed E-state index contributed by atoms with van der Waals surface area (Å²) in [6.07, 6.45) is -0.395. The minimum absolute atomic E-state index is 0.133. The first-order chi connectivity index (χ1) is 9.04. The quantitative estimate of drug-likeness (QED) is 0.780. The summed E-state index contributed by atoms with van der Waals surface area (Å²) >= 11 is 0. The van der Waals surface area contributed by atoms with Gasteiger partial charge < -0.3 is 15.2 Å². The molecule has 1 rings (SSSR count). The number of carbonyl (C=O) groups excluding carboxylic acids is 1. The van der Waals surface area contributed by atoms with Crippen molar-refractivity contribution < 1.29 is 19.0 Å². The Kier molecular flexibility index (Phi) is 6.45. The van der Waals surface area contributed by atoms with Gasteiger partial charge in [-0.2, -0.15) is 0 Å². The van der Waals surface area contributed by atoms with Crippen LogP contribution >= 0.6 is 0 Å². The first kappa shape index (κ1) is 15.6. The van der Waals surface area contributed by atoms with E-state index in [4.69, 9.17) is 4.74 Å². The van der Waals surface area contributed by atoms with Crippen LogP contribution in [0, 0.1) is 11.7 Å². The normalized spacial score (nSPS) is 13.9. The van der Waals surface area contributed by atoms with E-state index >= 15 is 0 Å². The number of benzene rings is 1. The average Bonchev–Trinajstić information content (AvgIpc) is 2.39. The van der Waals surface area contributed by atoms with Crippen molar-refractivity contribution in [3.63, 3.8) is 0 Å². The van der Waals surface area contributed by atoms with Crippen LogP contribution in [0.3, 0.4) is 0 Å². The maximum atomic E-state index is 13.4. The molecular weight excluding hydrogens is 249 g/mol. The Morgan fingerprint density at radius 3 is 2.79 bits per heavy atom. The number of amides is 1. The van der Waals surface area contributed by atoms with Gasteiger partial charge >= 0.3 is 0 Å². The number of methoxy groups -OCH3 is 1. The van der Waals surface area contributed by atoms with Gasteiger partial charge in [-0.25, -0.2) is 4.39 Å². The zero-order valence-electron chi connectivity index (χ0n) is 11.2. The van der Waals surface area contributed by atoms with Crippen LogP contribution in [0.2, 0.25) is 0 Å². The Balaban J connectivity index is 2.43. The van der Waals surface area contributed by atoms with Crippen LogP contribution in [-0.4, -0.2) is 37.4 Å². The lowest BCUT2D eigenvalue weighted by Gasteiger charge is -2.15. The summed E-state index contributed by atoms with van der Waals surface area (Å²) in [5, 5.41) is 12.0. The van der Waals surface area contributed by atoms with E-state index in [1.54, 1.807) is 25.1 Å². The molecule has 5 heteroatoms. The van der Waals surface area contributed by atoms with Crippen LogP contribution in [0.5, 0.6) is 0 Å². The molecule has 2 atom stereocenters. The molecule has 0 aliphatic rings. The number of carbonyl (C=O) groups is 1. The van der Waals surface area contributed by atoms with Crippen LogP contribution in [0.4, 0.5) is 4.39 Å². The Labute approximate surface area is 112 Å². The number of aliphatic hydroxyl groups is 1. The smallest absolute Gasteiger partial charge is 0.223 e. The van der Waals surface area contributed by atoms with Crippen LogP contribution in [0.15, 0.2) is 24.3 Å². The van der Waals surface area contributed by atoms with Gasteiger partial charge in [0.05, 0.1) is 12.7 Å². The van der Waals surface area contributed by atoms with Gasteiger partial charge in [0, 0.05) is 19.6 Å². The van der Waals surface area contributed by atoms with Gasteiger partial charge in [-0.15, -0.1) is 0 Å². The van der Waals surface area contributed by atoms with Crippen LogP contribution in [0.25, 0.3) is 0 Å². The number of aliphatic hydroxyl groups excluding tert-OH is 1. The Morgan fingerprint density at radius 2 is 2.16 bits per heavy atom. The molecule has 0 spiro atoms. The number of hydrogen-bond acceptors (Lipinski definition) is 3. The number of nitrogens with one attached hydrogen (secondary N) is 1. The van der Waals surface area contributed by atoms with Crippen LogP contribution in [0.1, 0.15) is 12.5 Å². The summed E-state index contributed by atoms with van der Waals surface area (Å²) < 4.78 is 18.2. The van der Waals surface area contributed by atoms with Crippen molar-refractivity contribution in [3.8, 4) is 0 Å². The zero-order chi connectivity index (χ0) is 14.3. The highest BCUT2D eigenvalue weighted by molar-refractivity contribution is 5.78. The van der Waals surface area contributed by atoms with E-state index < -0.39 is 6.10 Å². The van der Waals surface area contributed by atoms with Crippen molar-refractivity contribution in [1.82, 2.24) is 5.32 Å². The maximum Gasteiger partial charge on any atom is 0.223 e. The highest BCUT2D eigenvalue weighted by atomic mass is 19.1. The molecule has 0 radical (unpaired) electrons. The molecular formula is C14H20FNO3. The fourth-order valence-corrected chi connectivity index (χ4v) is 1.73. The summed E-state index contributed by atoms with van der Waals surface area (Å²) in [6, 6.07) is 6.40. The van der Waals surface area contributed by atoms with Crippen molar-refractivity contribution in [2.75, 3.05) is 20.3 Å². The highest BCUT2D eigenvalue weighted by Gasteiger charge is 2.16. The van der Waals surface area contributed by atoms with Gasteiger partial charge in [0.1, 0.15) is 5.82 Å². The second-order valence-electron chi connectivity index (χ2n) is 4.55. The Morgan fingerprint density at radius 1 is 1.47 bits per heavy atom. The molecule has 1 aromatic rings. The average molecular weight is 269 g/mol. The second-order valence-corrected chi connectivity index (χ2v) is 4.55. The molecule has 0 saturated heterocycles. The molecule has 0 heterocycles. The lowest BCUT2D eigenvalue weighted by molar-refractivity contribution is -0.125. The number of hydrogen-bond donors (Lipinski definition) is 2. The predicted octanol–water partition coefficient (Wildman–Crippen LogP) is 1.13. The summed E-state index contributed by atoms with van der Waals surface area (Å²) in [6.45, 7) is 2.03. The third-order valence-corrected chi connectivity index (χ3v) is 2.80. The fourth-order valence-electron chi connectivity index (χ4n) is 1.73. The van der Waals surface area contributed by atoms with E-state index in [0.29, 0.717) is 12.0 Å². The molecule has 19 heavy (non-hydrogen) atoms. The van der Waals surface area contributed by atoms with Crippen molar-refractivity contribution in [3.05, 3.63) is 35.6 Å². The predicted molar refractivity (Wildman–Crippen MR) is 70.2 cm³/mol. The van der Waals surface area contributed by atoms with Gasteiger partial charge in [-0.05, 0) is 18.1 Å². The number of ether oxygens (including phenoxy) is 1. The molecule has 0 aromatic heterocycles. The summed E-state index contributed by atoms with van der Waals surface area (Å²) in [7, 11) is 1.48. The molecule has 0 saturated carbocycles. The lowest BCUT2D eigenvalue weighted by atomic mass is 10.00. The van der Waals surface area contributed by atoms with E-state index in [1.165, 1.54) is 13.2 Å². The summed E-state index contributed by atoms with van der Waals surface area (Å²) in [4.78, 5) is 11.8. The molecule has 4 nitrogen and oxygen atoms in total. The number of halogens is 1. The monoisotopic (exact) mass is 269 g/mol. The highest BCUT2D eigenvalue weighted by Crippen LogP contribution is 2.12. The summed E-state index contributed by atoms with van der Waals surface area (Å²) in [5.74, 6) is -0.869. The molecule has 1 amide bonds. The molecule has 1 aromatic carbocycles. The minimum Gasteiger partial charge on any atom is -0.389 e. The topological polar surface area (TPSA) is 58.6 Å². The summed E-state index contributed by atoms with van der Waals surface area (Å²) in [5.41, 5.74) is 0.516. The molecule has 0 aliphatic heterocycles. The van der Waals surface area contributed by atoms with Crippen molar-refractivity contribution in [1.29, 1.82) is 0 Å². The molecule has 106 valence electrons. The zero-order valence-corrected chi connectivity index (χ0v) is 11.2. The molecule has 2 unspecified atom stereocenters. The van der Waals surface area contributed by atoms with Gasteiger partial charge in [0.25, 0.3) is 0 Å². The van der Waals surface area contributed by atoms with E-state index in [2.05, 4.69) is 5.32 Å². The second kappa shape index (κ2) is 7.86.